The van der Waals surface area contributed by atoms with Crippen LogP contribution < -0.4 is 0 Å². The molecule has 0 aliphatic heterocycles. The van der Waals surface area contributed by atoms with Crippen molar-refractivity contribution in [3.8, 4) is 0 Å². The lowest BCUT2D eigenvalue weighted by Gasteiger charge is -2.08. The van der Waals surface area contributed by atoms with Gasteiger partial charge in [-0.1, -0.05) is 25.1 Å². The Balaban J connectivity index is 2.77. The third kappa shape index (κ3) is 2.92. The quantitative estimate of drug-likeness (QED) is 0.732. The summed E-state index contributed by atoms with van der Waals surface area (Å²) in [5.41, 5.74) is 2.30. The summed E-state index contributed by atoms with van der Waals surface area (Å²) in [7, 11) is 0. The van der Waals surface area contributed by atoms with Gasteiger partial charge < -0.3 is 4.74 Å². The van der Waals surface area contributed by atoms with E-state index in [9.17, 15) is 9.59 Å². The first-order chi connectivity index (χ1) is 7.56. The molecule has 0 saturated heterocycles. The van der Waals surface area contributed by atoms with Gasteiger partial charge in [0.1, 0.15) is 6.61 Å². The number of aryl methyl sites for hydroxylation is 2. The number of hydrogen-bond acceptors (Lipinski definition) is 3. The first kappa shape index (κ1) is 12.4. The molecule has 1 aromatic carbocycles. The standard InChI is InChI=1S/C13H16O3/c1-4-11(14)8-16-13(15)12-9(2)6-5-7-10(12)3/h5-7H,4,8H2,1-3H3. The smallest absolute Gasteiger partial charge is 0.339 e. The Bertz CT molecular complexity index is 387. The summed E-state index contributed by atoms with van der Waals surface area (Å²) in [5, 5.41) is 0. The summed E-state index contributed by atoms with van der Waals surface area (Å²) < 4.78 is 4.95. The third-order valence-electron chi connectivity index (χ3n) is 2.44. The average molecular weight is 220 g/mol. The molecule has 0 spiro atoms. The van der Waals surface area contributed by atoms with Crippen LogP contribution in [-0.2, 0) is 9.53 Å². The van der Waals surface area contributed by atoms with E-state index in [0.29, 0.717) is 12.0 Å². The molecule has 0 aliphatic rings. The first-order valence-electron chi connectivity index (χ1n) is 5.31. The van der Waals surface area contributed by atoms with Crippen LogP contribution in [0.3, 0.4) is 0 Å². The molecule has 0 N–H and O–H groups in total. The Kier molecular flexibility index (Phi) is 4.23. The number of rotatable bonds is 4. The molecule has 0 atom stereocenters. The summed E-state index contributed by atoms with van der Waals surface area (Å²) in [6.45, 7) is 5.31. The van der Waals surface area contributed by atoms with Crippen LogP contribution in [0.15, 0.2) is 18.2 Å². The van der Waals surface area contributed by atoms with Gasteiger partial charge in [0.25, 0.3) is 0 Å². The number of hydrogen-bond donors (Lipinski definition) is 0. The topological polar surface area (TPSA) is 43.4 Å². The number of esters is 1. The van der Waals surface area contributed by atoms with Gasteiger partial charge in [-0.25, -0.2) is 4.79 Å². The fraction of sp³-hybridized carbons (Fsp3) is 0.385. The highest BCUT2D eigenvalue weighted by Crippen LogP contribution is 2.14. The minimum Gasteiger partial charge on any atom is -0.454 e. The average Bonchev–Trinajstić information content (AvgIpc) is 2.25. The molecule has 0 bridgehead atoms. The number of carbonyl (C=O) groups is 2. The number of carbonyl (C=O) groups excluding carboxylic acids is 2. The van der Waals surface area contributed by atoms with Crippen molar-refractivity contribution in [3.05, 3.63) is 34.9 Å². The first-order valence-corrected chi connectivity index (χ1v) is 5.31. The zero-order valence-corrected chi connectivity index (χ0v) is 9.87. The number of benzene rings is 1. The van der Waals surface area contributed by atoms with Gasteiger partial charge in [0, 0.05) is 6.42 Å². The number of ether oxygens (including phenoxy) is 1. The maximum Gasteiger partial charge on any atom is 0.339 e. The summed E-state index contributed by atoms with van der Waals surface area (Å²) in [4.78, 5) is 22.8. The Hall–Kier alpha value is -1.64. The van der Waals surface area contributed by atoms with E-state index in [1.54, 1.807) is 6.92 Å². The molecular weight excluding hydrogens is 204 g/mol. The molecule has 0 aromatic heterocycles. The summed E-state index contributed by atoms with van der Waals surface area (Å²) in [6.07, 6.45) is 0.389. The van der Waals surface area contributed by atoms with E-state index in [4.69, 9.17) is 4.74 Å². The third-order valence-corrected chi connectivity index (χ3v) is 2.44. The van der Waals surface area contributed by atoms with Crippen LogP contribution in [0.5, 0.6) is 0 Å². The van der Waals surface area contributed by atoms with Gasteiger partial charge in [0.15, 0.2) is 5.78 Å². The lowest BCUT2D eigenvalue weighted by atomic mass is 10.0. The van der Waals surface area contributed by atoms with Gasteiger partial charge in [0.2, 0.25) is 0 Å². The lowest BCUT2D eigenvalue weighted by molar-refractivity contribution is -0.121. The van der Waals surface area contributed by atoms with E-state index in [1.165, 1.54) is 0 Å². The fourth-order valence-electron chi connectivity index (χ4n) is 1.46. The fourth-order valence-corrected chi connectivity index (χ4v) is 1.46. The highest BCUT2D eigenvalue weighted by molar-refractivity contribution is 5.94. The molecule has 0 aliphatic carbocycles. The van der Waals surface area contributed by atoms with Crippen molar-refractivity contribution in [3.63, 3.8) is 0 Å². The molecule has 0 unspecified atom stereocenters. The van der Waals surface area contributed by atoms with E-state index in [2.05, 4.69) is 0 Å². The zero-order valence-electron chi connectivity index (χ0n) is 9.87. The maximum atomic E-state index is 11.7. The number of ketones is 1. The molecule has 0 saturated carbocycles. The van der Waals surface area contributed by atoms with Gasteiger partial charge in [0.05, 0.1) is 5.56 Å². The van der Waals surface area contributed by atoms with Crippen LogP contribution >= 0.6 is 0 Å². The van der Waals surface area contributed by atoms with E-state index < -0.39 is 5.97 Å². The highest BCUT2D eigenvalue weighted by Gasteiger charge is 2.14. The molecule has 0 fully saturated rings. The second kappa shape index (κ2) is 5.45. The van der Waals surface area contributed by atoms with Crippen molar-refractivity contribution in [1.82, 2.24) is 0 Å². The number of Topliss-reactive ketones (excluding diaryl/α,β-unsaturated/α-hetero) is 1. The van der Waals surface area contributed by atoms with Crippen molar-refractivity contribution in [1.29, 1.82) is 0 Å². The molecule has 3 heteroatoms. The van der Waals surface area contributed by atoms with Crippen LogP contribution in [-0.4, -0.2) is 18.4 Å². The van der Waals surface area contributed by atoms with Crippen molar-refractivity contribution in [2.45, 2.75) is 27.2 Å². The second-order valence-electron chi connectivity index (χ2n) is 3.74. The predicted molar refractivity (Wildman–Crippen MR) is 61.5 cm³/mol. The summed E-state index contributed by atoms with van der Waals surface area (Å²) in [5.74, 6) is -0.489. The Labute approximate surface area is 95.4 Å². The van der Waals surface area contributed by atoms with Gasteiger partial charge in [-0.05, 0) is 25.0 Å². The van der Waals surface area contributed by atoms with Crippen molar-refractivity contribution < 1.29 is 14.3 Å². The molecule has 86 valence electrons. The molecule has 1 aromatic rings. The largest absolute Gasteiger partial charge is 0.454 e. The van der Waals surface area contributed by atoms with E-state index in [0.717, 1.165) is 11.1 Å². The minimum absolute atomic E-state index is 0.0698. The van der Waals surface area contributed by atoms with E-state index in [1.807, 2.05) is 32.0 Å². The second-order valence-corrected chi connectivity index (χ2v) is 3.74. The predicted octanol–water partition coefficient (Wildman–Crippen LogP) is 2.44. The summed E-state index contributed by atoms with van der Waals surface area (Å²) in [6, 6.07) is 5.59. The van der Waals surface area contributed by atoms with Crippen molar-refractivity contribution >= 4 is 11.8 Å². The zero-order chi connectivity index (χ0) is 12.1. The van der Waals surface area contributed by atoms with Crippen LogP contribution in [0.1, 0.15) is 34.8 Å². The summed E-state index contributed by atoms with van der Waals surface area (Å²) >= 11 is 0. The van der Waals surface area contributed by atoms with Gasteiger partial charge in [-0.2, -0.15) is 0 Å². The van der Waals surface area contributed by atoms with E-state index >= 15 is 0 Å². The molecule has 0 heterocycles. The lowest BCUT2D eigenvalue weighted by Crippen LogP contribution is -2.15. The van der Waals surface area contributed by atoms with Gasteiger partial charge in [-0.3, -0.25) is 4.79 Å². The van der Waals surface area contributed by atoms with Gasteiger partial charge in [-0.15, -0.1) is 0 Å². The van der Waals surface area contributed by atoms with Crippen molar-refractivity contribution in [2.24, 2.45) is 0 Å². The van der Waals surface area contributed by atoms with Crippen LogP contribution in [0, 0.1) is 13.8 Å². The monoisotopic (exact) mass is 220 g/mol. The SMILES string of the molecule is CCC(=O)COC(=O)c1c(C)cccc1C. The Morgan fingerprint density at radius 3 is 2.25 bits per heavy atom. The van der Waals surface area contributed by atoms with Crippen LogP contribution in [0.4, 0.5) is 0 Å². The minimum atomic E-state index is -0.419. The Morgan fingerprint density at radius 2 is 1.75 bits per heavy atom. The van der Waals surface area contributed by atoms with Crippen LogP contribution in [0.25, 0.3) is 0 Å². The highest BCUT2D eigenvalue weighted by atomic mass is 16.5. The van der Waals surface area contributed by atoms with Gasteiger partial charge >= 0.3 is 5.97 Å². The van der Waals surface area contributed by atoms with Crippen LogP contribution in [0.2, 0.25) is 0 Å². The molecule has 3 nitrogen and oxygen atoms in total. The maximum absolute atomic E-state index is 11.7. The molecule has 16 heavy (non-hydrogen) atoms. The van der Waals surface area contributed by atoms with Crippen molar-refractivity contribution in [2.75, 3.05) is 6.61 Å². The molecule has 0 amide bonds. The Morgan fingerprint density at radius 1 is 1.19 bits per heavy atom. The van der Waals surface area contributed by atoms with E-state index in [-0.39, 0.29) is 12.4 Å². The molecule has 1 rings (SSSR count). The molecule has 0 radical (unpaired) electrons. The normalized spacial score (nSPS) is 9.94. The molecular formula is C13H16O3.